The van der Waals surface area contributed by atoms with Gasteiger partial charge in [0.2, 0.25) is 0 Å². The van der Waals surface area contributed by atoms with E-state index in [0.29, 0.717) is 26.3 Å². The molecule has 10 nitrogen and oxygen atoms in total. The highest BCUT2D eigenvalue weighted by atomic mass is 16.6. The number of anilines is 2. The molecule has 0 aliphatic carbocycles. The number of ether oxygens (including phenoxy) is 2. The first-order valence-electron chi connectivity index (χ1n) is 11.1. The Morgan fingerprint density at radius 3 is 2.97 bits per heavy atom. The van der Waals surface area contributed by atoms with E-state index in [1.807, 2.05) is 42.6 Å². The number of carbonyl (C=O) groups excluding carboxylic acids is 1. The molecule has 3 aromatic rings. The third-order valence-corrected chi connectivity index (χ3v) is 5.76. The van der Waals surface area contributed by atoms with Crippen LogP contribution < -0.4 is 5.32 Å². The normalized spacial score (nSPS) is 19.1. The monoisotopic (exact) mass is 439 g/mol. The van der Waals surface area contributed by atoms with E-state index >= 15 is 0 Å². The summed E-state index contributed by atoms with van der Waals surface area (Å²) in [6.07, 6.45) is 5.21. The molecule has 32 heavy (non-hydrogen) atoms. The molecule has 0 spiro atoms. The molecule has 0 radical (unpaired) electrons. The van der Waals surface area contributed by atoms with E-state index in [4.69, 9.17) is 9.47 Å². The van der Waals surface area contributed by atoms with Gasteiger partial charge in [0.1, 0.15) is 11.9 Å². The maximum atomic E-state index is 12.6. The van der Waals surface area contributed by atoms with E-state index in [1.54, 1.807) is 10.8 Å². The van der Waals surface area contributed by atoms with Crippen LogP contribution in [-0.4, -0.2) is 60.7 Å². The van der Waals surface area contributed by atoms with Crippen molar-refractivity contribution in [1.29, 1.82) is 0 Å². The van der Waals surface area contributed by atoms with Gasteiger partial charge in [0, 0.05) is 31.3 Å². The van der Waals surface area contributed by atoms with Crippen LogP contribution in [0.5, 0.6) is 0 Å². The fraction of sp³-hybridized carbons (Fsp3) is 0.545. The molecule has 1 unspecified atom stereocenters. The average molecular weight is 440 g/mol. The number of pyridine rings is 1. The van der Waals surface area contributed by atoms with Gasteiger partial charge in [0.05, 0.1) is 31.1 Å². The quantitative estimate of drug-likeness (QED) is 0.668. The Morgan fingerprint density at radius 2 is 2.16 bits per heavy atom. The number of hydrogen-bond donors (Lipinski definition) is 1. The Balaban J connectivity index is 1.40. The highest BCUT2D eigenvalue weighted by molar-refractivity contribution is 5.73. The molecule has 1 atom stereocenters. The highest BCUT2D eigenvalue weighted by Gasteiger charge is 2.29. The summed E-state index contributed by atoms with van der Waals surface area (Å²) >= 11 is 0. The van der Waals surface area contributed by atoms with Crippen molar-refractivity contribution < 1.29 is 14.3 Å². The Labute approximate surface area is 186 Å². The smallest absolute Gasteiger partial charge is 0.410 e. The molecule has 1 amide bonds. The topological polar surface area (TPSA) is 98.8 Å². The Morgan fingerprint density at radius 1 is 1.28 bits per heavy atom. The minimum absolute atomic E-state index is 0.189. The van der Waals surface area contributed by atoms with Crippen LogP contribution in [0.4, 0.5) is 16.3 Å². The van der Waals surface area contributed by atoms with Crippen LogP contribution >= 0.6 is 0 Å². The van der Waals surface area contributed by atoms with Gasteiger partial charge in [0.15, 0.2) is 11.5 Å². The molecular weight excluding hydrogens is 410 g/mol. The van der Waals surface area contributed by atoms with Crippen molar-refractivity contribution in [1.82, 2.24) is 29.3 Å². The van der Waals surface area contributed by atoms with E-state index in [-0.39, 0.29) is 12.0 Å². The van der Waals surface area contributed by atoms with Crippen LogP contribution in [-0.2, 0) is 22.6 Å². The largest absolute Gasteiger partial charge is 0.444 e. The third kappa shape index (κ3) is 4.27. The SMILES string of the molecule is CC(C)(C)OC(=O)N1CCCC(c2cc(Nc3cc4n(n3)CCOC4)c3ncnn3c2)C1. The number of nitrogens with one attached hydrogen (secondary N) is 1. The summed E-state index contributed by atoms with van der Waals surface area (Å²) in [6, 6.07) is 4.10. The number of piperidine rings is 1. The zero-order valence-corrected chi connectivity index (χ0v) is 18.7. The lowest BCUT2D eigenvalue weighted by atomic mass is 9.91. The fourth-order valence-corrected chi connectivity index (χ4v) is 4.30. The fourth-order valence-electron chi connectivity index (χ4n) is 4.30. The van der Waals surface area contributed by atoms with Crippen LogP contribution in [0.3, 0.4) is 0 Å². The van der Waals surface area contributed by atoms with Crippen LogP contribution in [0.25, 0.3) is 5.65 Å². The maximum absolute atomic E-state index is 12.6. The summed E-state index contributed by atoms with van der Waals surface area (Å²) in [5.41, 5.74) is 3.22. The lowest BCUT2D eigenvalue weighted by Gasteiger charge is -2.34. The van der Waals surface area contributed by atoms with Gasteiger partial charge in [-0.2, -0.15) is 10.2 Å². The third-order valence-electron chi connectivity index (χ3n) is 5.76. The molecule has 170 valence electrons. The summed E-state index contributed by atoms with van der Waals surface area (Å²) in [5.74, 6) is 0.945. The van der Waals surface area contributed by atoms with Crippen molar-refractivity contribution in [3.63, 3.8) is 0 Å². The van der Waals surface area contributed by atoms with Crippen molar-refractivity contribution in [2.45, 2.75) is 58.3 Å². The van der Waals surface area contributed by atoms with E-state index in [2.05, 4.69) is 26.6 Å². The summed E-state index contributed by atoms with van der Waals surface area (Å²) < 4.78 is 14.9. The van der Waals surface area contributed by atoms with Crippen LogP contribution in [0.2, 0.25) is 0 Å². The van der Waals surface area contributed by atoms with Gasteiger partial charge in [-0.15, -0.1) is 0 Å². The lowest BCUT2D eigenvalue weighted by Crippen LogP contribution is -2.42. The lowest BCUT2D eigenvalue weighted by molar-refractivity contribution is 0.0198. The second-order valence-electron chi connectivity index (χ2n) is 9.40. The van der Waals surface area contributed by atoms with Gasteiger partial charge in [-0.1, -0.05) is 0 Å². The van der Waals surface area contributed by atoms with E-state index in [9.17, 15) is 4.79 Å². The van der Waals surface area contributed by atoms with E-state index in [1.165, 1.54) is 0 Å². The van der Waals surface area contributed by atoms with Crippen molar-refractivity contribution in [3.05, 3.63) is 35.9 Å². The minimum atomic E-state index is -0.504. The second kappa shape index (κ2) is 8.09. The van der Waals surface area contributed by atoms with Crippen molar-refractivity contribution in [2.75, 3.05) is 25.0 Å². The summed E-state index contributed by atoms with van der Waals surface area (Å²) in [5, 5.41) is 12.4. The van der Waals surface area contributed by atoms with Crippen LogP contribution in [0.1, 0.15) is 50.8 Å². The number of likely N-dealkylation sites (tertiary alicyclic amines) is 1. The molecule has 0 aromatic carbocycles. The van der Waals surface area contributed by atoms with Crippen LogP contribution in [0.15, 0.2) is 24.7 Å². The van der Waals surface area contributed by atoms with Crippen molar-refractivity contribution in [3.8, 4) is 0 Å². The number of amides is 1. The van der Waals surface area contributed by atoms with Gasteiger partial charge in [-0.25, -0.2) is 14.3 Å². The molecule has 0 bridgehead atoms. The van der Waals surface area contributed by atoms with Gasteiger partial charge >= 0.3 is 6.09 Å². The number of aromatic nitrogens is 5. The molecule has 1 N–H and O–H groups in total. The molecule has 3 aromatic heterocycles. The molecule has 10 heteroatoms. The summed E-state index contributed by atoms with van der Waals surface area (Å²) in [4.78, 5) is 18.8. The summed E-state index contributed by atoms with van der Waals surface area (Å²) in [7, 11) is 0. The Hall–Kier alpha value is -3.14. The summed E-state index contributed by atoms with van der Waals surface area (Å²) in [6.45, 7) is 8.99. The number of hydrogen-bond acceptors (Lipinski definition) is 7. The van der Waals surface area contributed by atoms with Gasteiger partial charge < -0.3 is 19.7 Å². The Bertz CT molecular complexity index is 1110. The molecule has 1 saturated heterocycles. The van der Waals surface area contributed by atoms with Crippen molar-refractivity contribution in [2.24, 2.45) is 0 Å². The van der Waals surface area contributed by atoms with E-state index in [0.717, 1.165) is 47.8 Å². The molecule has 2 aliphatic heterocycles. The van der Waals surface area contributed by atoms with Gasteiger partial charge in [-0.05, 0) is 45.2 Å². The predicted octanol–water partition coefficient (Wildman–Crippen LogP) is 3.31. The zero-order valence-electron chi connectivity index (χ0n) is 18.7. The first-order chi connectivity index (χ1) is 15.4. The second-order valence-corrected chi connectivity index (χ2v) is 9.40. The maximum Gasteiger partial charge on any atom is 0.410 e. The van der Waals surface area contributed by atoms with Gasteiger partial charge in [0.25, 0.3) is 0 Å². The van der Waals surface area contributed by atoms with Crippen LogP contribution in [0, 0.1) is 0 Å². The molecule has 2 aliphatic rings. The number of fused-ring (bicyclic) bond motifs is 2. The van der Waals surface area contributed by atoms with Gasteiger partial charge in [-0.3, -0.25) is 4.68 Å². The number of rotatable bonds is 3. The average Bonchev–Trinajstić information content (AvgIpc) is 3.39. The molecule has 5 rings (SSSR count). The number of nitrogens with zero attached hydrogens (tertiary/aromatic N) is 6. The molecular formula is C22H29N7O3. The number of carbonyl (C=O) groups is 1. The zero-order chi connectivity index (χ0) is 22.3. The highest BCUT2D eigenvalue weighted by Crippen LogP contribution is 2.31. The molecule has 1 fully saturated rings. The molecule has 0 saturated carbocycles. The Kier molecular flexibility index (Phi) is 5.24. The minimum Gasteiger partial charge on any atom is -0.444 e. The first-order valence-corrected chi connectivity index (χ1v) is 11.1. The predicted molar refractivity (Wildman–Crippen MR) is 118 cm³/mol. The van der Waals surface area contributed by atoms with E-state index < -0.39 is 5.60 Å². The molecule has 5 heterocycles. The standard InChI is InChI=1S/C22H29N7O3/c1-22(2,3)32-21(30)27-6-4-5-15(11-27)16-9-18(20-23-14-24-29(20)12-16)25-19-10-17-13-31-8-7-28(17)26-19/h9-10,12,14-15H,4-8,11,13H2,1-3H3,(H,25,26). The van der Waals surface area contributed by atoms with Crippen molar-refractivity contribution >= 4 is 23.2 Å². The first kappa shape index (κ1) is 20.7.